The Bertz CT molecular complexity index is 298. The molecule has 0 saturated heterocycles. The molecule has 0 saturated carbocycles. The van der Waals surface area contributed by atoms with Crippen LogP contribution in [0.3, 0.4) is 0 Å². The van der Waals surface area contributed by atoms with E-state index >= 15 is 0 Å². The standard InChI is InChI=1S/C14H25N3/c1-4-5-8-11-17(3)14(12(2)15)13-9-6-7-10-16-13/h6-7,9-10,12,14H,4-5,8,11,15H2,1-3H3. The van der Waals surface area contributed by atoms with Gasteiger partial charge in [-0.15, -0.1) is 0 Å². The molecular weight excluding hydrogens is 210 g/mol. The molecule has 3 heteroatoms. The lowest BCUT2D eigenvalue weighted by Gasteiger charge is -2.30. The van der Waals surface area contributed by atoms with Gasteiger partial charge in [-0.25, -0.2) is 0 Å². The first-order valence-electron chi connectivity index (χ1n) is 6.53. The fourth-order valence-corrected chi connectivity index (χ4v) is 2.20. The molecule has 0 amide bonds. The third kappa shape index (κ3) is 4.44. The Morgan fingerprint density at radius 2 is 2.12 bits per heavy atom. The monoisotopic (exact) mass is 235 g/mol. The maximum Gasteiger partial charge on any atom is 0.0668 e. The number of unbranched alkanes of at least 4 members (excludes halogenated alkanes) is 2. The van der Waals surface area contributed by atoms with Crippen molar-refractivity contribution in [3.05, 3.63) is 30.1 Å². The van der Waals surface area contributed by atoms with E-state index < -0.39 is 0 Å². The van der Waals surface area contributed by atoms with Gasteiger partial charge in [0.25, 0.3) is 0 Å². The summed E-state index contributed by atoms with van der Waals surface area (Å²) in [5.74, 6) is 0. The highest BCUT2D eigenvalue weighted by molar-refractivity contribution is 5.10. The zero-order chi connectivity index (χ0) is 12.7. The predicted molar refractivity (Wildman–Crippen MR) is 72.8 cm³/mol. The van der Waals surface area contributed by atoms with Crippen molar-refractivity contribution in [3.8, 4) is 0 Å². The average Bonchev–Trinajstić information content (AvgIpc) is 2.30. The molecule has 1 aromatic rings. The molecule has 2 N–H and O–H groups in total. The topological polar surface area (TPSA) is 42.2 Å². The van der Waals surface area contributed by atoms with Crippen LogP contribution in [0.1, 0.15) is 44.8 Å². The van der Waals surface area contributed by atoms with Crippen molar-refractivity contribution in [1.82, 2.24) is 9.88 Å². The highest BCUT2D eigenvalue weighted by Crippen LogP contribution is 2.20. The first kappa shape index (κ1) is 14.1. The normalized spacial score (nSPS) is 14.9. The van der Waals surface area contributed by atoms with Gasteiger partial charge in [0.2, 0.25) is 0 Å². The summed E-state index contributed by atoms with van der Waals surface area (Å²) in [5.41, 5.74) is 7.16. The van der Waals surface area contributed by atoms with Crippen molar-refractivity contribution in [2.45, 2.75) is 45.2 Å². The summed E-state index contributed by atoms with van der Waals surface area (Å²) >= 11 is 0. The lowest BCUT2D eigenvalue weighted by atomic mass is 10.0. The maximum atomic E-state index is 6.09. The van der Waals surface area contributed by atoms with Crippen LogP contribution >= 0.6 is 0 Å². The zero-order valence-electron chi connectivity index (χ0n) is 11.3. The van der Waals surface area contributed by atoms with Crippen molar-refractivity contribution in [1.29, 1.82) is 0 Å². The van der Waals surface area contributed by atoms with E-state index in [2.05, 4.69) is 36.8 Å². The van der Waals surface area contributed by atoms with Crippen molar-refractivity contribution >= 4 is 0 Å². The van der Waals surface area contributed by atoms with Crippen LogP contribution in [-0.4, -0.2) is 29.5 Å². The van der Waals surface area contributed by atoms with Gasteiger partial charge < -0.3 is 5.73 Å². The molecule has 17 heavy (non-hydrogen) atoms. The Balaban J connectivity index is 2.66. The number of hydrogen-bond acceptors (Lipinski definition) is 3. The first-order chi connectivity index (χ1) is 8.16. The minimum Gasteiger partial charge on any atom is -0.326 e. The molecule has 2 unspecified atom stereocenters. The lowest BCUT2D eigenvalue weighted by Crippen LogP contribution is -2.38. The van der Waals surface area contributed by atoms with Crippen molar-refractivity contribution in [2.75, 3.05) is 13.6 Å². The van der Waals surface area contributed by atoms with Gasteiger partial charge in [-0.05, 0) is 39.1 Å². The number of likely N-dealkylation sites (N-methyl/N-ethyl adjacent to an activating group) is 1. The minimum atomic E-state index is 0.0940. The van der Waals surface area contributed by atoms with E-state index in [-0.39, 0.29) is 12.1 Å². The van der Waals surface area contributed by atoms with E-state index in [0.717, 1.165) is 12.2 Å². The van der Waals surface area contributed by atoms with Gasteiger partial charge in [0.05, 0.1) is 11.7 Å². The predicted octanol–water partition coefficient (Wildman–Crippen LogP) is 2.59. The van der Waals surface area contributed by atoms with E-state index in [0.29, 0.717) is 0 Å². The molecule has 1 heterocycles. The summed E-state index contributed by atoms with van der Waals surface area (Å²) in [6, 6.07) is 6.34. The fraction of sp³-hybridized carbons (Fsp3) is 0.643. The van der Waals surface area contributed by atoms with E-state index in [1.807, 2.05) is 18.3 Å². The summed E-state index contributed by atoms with van der Waals surface area (Å²) in [5, 5.41) is 0. The van der Waals surface area contributed by atoms with Crippen molar-refractivity contribution < 1.29 is 0 Å². The van der Waals surface area contributed by atoms with Crippen LogP contribution in [0.4, 0.5) is 0 Å². The largest absolute Gasteiger partial charge is 0.326 e. The molecule has 96 valence electrons. The summed E-state index contributed by atoms with van der Waals surface area (Å²) in [6.45, 7) is 5.36. The van der Waals surface area contributed by atoms with Gasteiger partial charge in [0.1, 0.15) is 0 Å². The second-order valence-electron chi connectivity index (χ2n) is 4.75. The molecule has 0 aliphatic rings. The molecular formula is C14H25N3. The molecule has 1 rings (SSSR count). The van der Waals surface area contributed by atoms with Crippen molar-refractivity contribution in [2.24, 2.45) is 5.73 Å². The number of nitrogens with two attached hydrogens (primary N) is 1. The smallest absolute Gasteiger partial charge is 0.0668 e. The van der Waals surface area contributed by atoms with Gasteiger partial charge in [0.15, 0.2) is 0 Å². The molecule has 0 fully saturated rings. The van der Waals surface area contributed by atoms with Gasteiger partial charge in [0, 0.05) is 12.2 Å². The first-order valence-corrected chi connectivity index (χ1v) is 6.53. The Labute approximate surface area is 105 Å². The molecule has 1 aromatic heterocycles. The highest BCUT2D eigenvalue weighted by atomic mass is 15.2. The molecule has 0 aliphatic heterocycles. The van der Waals surface area contributed by atoms with Crippen LogP contribution in [0.25, 0.3) is 0 Å². The average molecular weight is 235 g/mol. The zero-order valence-corrected chi connectivity index (χ0v) is 11.3. The third-order valence-corrected chi connectivity index (χ3v) is 3.08. The third-order valence-electron chi connectivity index (χ3n) is 3.08. The molecule has 0 bridgehead atoms. The quantitative estimate of drug-likeness (QED) is 0.739. The van der Waals surface area contributed by atoms with Crippen LogP contribution in [0.15, 0.2) is 24.4 Å². The van der Waals surface area contributed by atoms with Gasteiger partial charge in [-0.1, -0.05) is 25.8 Å². The Kier molecular flexibility index (Phi) is 6.16. The summed E-state index contributed by atoms with van der Waals surface area (Å²) < 4.78 is 0. The van der Waals surface area contributed by atoms with Crippen LogP contribution in [0.5, 0.6) is 0 Å². The number of pyridine rings is 1. The number of rotatable bonds is 7. The molecule has 0 spiro atoms. The molecule has 0 aliphatic carbocycles. The van der Waals surface area contributed by atoms with E-state index in [1.165, 1.54) is 19.3 Å². The minimum absolute atomic E-state index is 0.0940. The van der Waals surface area contributed by atoms with E-state index in [9.17, 15) is 0 Å². The molecule has 0 radical (unpaired) electrons. The SMILES string of the molecule is CCCCCN(C)C(c1ccccn1)C(C)N. The van der Waals surface area contributed by atoms with Crippen LogP contribution in [0.2, 0.25) is 0 Å². The van der Waals surface area contributed by atoms with Crippen LogP contribution in [0, 0.1) is 0 Å². The number of nitrogens with zero attached hydrogens (tertiary/aromatic N) is 2. The second-order valence-corrected chi connectivity index (χ2v) is 4.75. The summed E-state index contributed by atoms with van der Waals surface area (Å²) in [7, 11) is 2.14. The molecule has 2 atom stereocenters. The van der Waals surface area contributed by atoms with Crippen molar-refractivity contribution in [3.63, 3.8) is 0 Å². The summed E-state index contributed by atoms with van der Waals surface area (Å²) in [4.78, 5) is 6.75. The highest BCUT2D eigenvalue weighted by Gasteiger charge is 2.21. The molecule has 0 aromatic carbocycles. The van der Waals surface area contributed by atoms with E-state index in [1.54, 1.807) is 0 Å². The van der Waals surface area contributed by atoms with Gasteiger partial charge in [-0.3, -0.25) is 9.88 Å². The number of aromatic nitrogens is 1. The Morgan fingerprint density at radius 1 is 1.35 bits per heavy atom. The Hall–Kier alpha value is -0.930. The lowest BCUT2D eigenvalue weighted by molar-refractivity contribution is 0.211. The van der Waals surface area contributed by atoms with E-state index in [4.69, 9.17) is 5.73 Å². The van der Waals surface area contributed by atoms with Gasteiger partial charge in [-0.2, -0.15) is 0 Å². The van der Waals surface area contributed by atoms with Crippen LogP contribution in [-0.2, 0) is 0 Å². The second kappa shape index (κ2) is 7.41. The maximum absolute atomic E-state index is 6.09. The van der Waals surface area contributed by atoms with Gasteiger partial charge >= 0.3 is 0 Å². The van der Waals surface area contributed by atoms with Crippen LogP contribution < -0.4 is 5.73 Å². The fourth-order valence-electron chi connectivity index (χ4n) is 2.20. The molecule has 3 nitrogen and oxygen atoms in total. The Morgan fingerprint density at radius 3 is 2.65 bits per heavy atom. The number of hydrogen-bond donors (Lipinski definition) is 1. The summed E-state index contributed by atoms with van der Waals surface area (Å²) in [6.07, 6.45) is 5.59.